The first kappa shape index (κ1) is 13.9. The Kier molecular flexibility index (Phi) is 2.95. The Morgan fingerprint density at radius 3 is 2.82 bits per heavy atom. The zero-order valence-corrected chi connectivity index (χ0v) is 13.4. The van der Waals surface area contributed by atoms with Crippen LogP contribution in [0.1, 0.15) is 30.9 Å². The zero-order chi connectivity index (χ0) is 15.5. The van der Waals surface area contributed by atoms with Crippen molar-refractivity contribution in [3.05, 3.63) is 35.1 Å². The fourth-order valence-electron chi connectivity index (χ4n) is 4.94. The fraction of sp³-hybridized carbons (Fsp3) is 0.556. The maximum Gasteiger partial charge on any atom is 0.166 e. The third kappa shape index (κ3) is 1.46. The summed E-state index contributed by atoms with van der Waals surface area (Å²) in [4.78, 5) is 0. The van der Waals surface area contributed by atoms with Gasteiger partial charge < -0.3 is 19.9 Å². The van der Waals surface area contributed by atoms with Gasteiger partial charge in [0.25, 0.3) is 0 Å². The number of benzene rings is 1. The Bertz CT molecular complexity index is 654. The maximum absolute atomic E-state index is 6.55. The molecule has 4 nitrogen and oxygen atoms in total. The van der Waals surface area contributed by atoms with E-state index in [1.807, 2.05) is 6.07 Å². The molecular formula is C18H23NO3. The Morgan fingerprint density at radius 2 is 2.14 bits per heavy atom. The van der Waals surface area contributed by atoms with Crippen LogP contribution in [0.2, 0.25) is 0 Å². The van der Waals surface area contributed by atoms with Crippen LogP contribution >= 0.6 is 0 Å². The highest BCUT2D eigenvalue weighted by molar-refractivity contribution is 5.61. The average Bonchev–Trinajstić information content (AvgIpc) is 2.90. The van der Waals surface area contributed by atoms with E-state index in [1.165, 1.54) is 11.1 Å². The minimum atomic E-state index is -0.0863. The molecule has 0 saturated carbocycles. The summed E-state index contributed by atoms with van der Waals surface area (Å²) in [5.74, 6) is 3.03. The van der Waals surface area contributed by atoms with Crippen LogP contribution in [-0.2, 0) is 16.6 Å². The van der Waals surface area contributed by atoms with Gasteiger partial charge in [-0.15, -0.1) is 0 Å². The number of allylic oxidation sites excluding steroid dienone is 1. The highest BCUT2D eigenvalue weighted by atomic mass is 16.6. The standard InChI is InChI=1S/C18H23NO3/c1-4-18-11-6-8-14(21-3)17(18)22-16-13(20-2)7-5-10(15(16)18)9-12(11)19/h5,7-8,11-12,17H,4,6,9,19H2,1-3H3/t11?,12?,17-,18-/m1/s1. The van der Waals surface area contributed by atoms with Crippen LogP contribution in [0.15, 0.2) is 24.0 Å². The Labute approximate surface area is 131 Å². The molecule has 118 valence electrons. The van der Waals surface area contributed by atoms with Gasteiger partial charge in [-0.05, 0) is 42.9 Å². The third-order valence-corrected chi connectivity index (χ3v) is 5.88. The van der Waals surface area contributed by atoms with Crippen molar-refractivity contribution in [3.8, 4) is 11.5 Å². The molecule has 2 N–H and O–H groups in total. The van der Waals surface area contributed by atoms with Crippen LogP contribution in [0.4, 0.5) is 0 Å². The van der Waals surface area contributed by atoms with Crippen molar-refractivity contribution in [1.29, 1.82) is 0 Å². The molecule has 0 saturated heterocycles. The quantitative estimate of drug-likeness (QED) is 0.932. The molecule has 22 heavy (non-hydrogen) atoms. The molecule has 4 heteroatoms. The first-order valence-corrected chi connectivity index (χ1v) is 8.04. The van der Waals surface area contributed by atoms with Crippen molar-refractivity contribution in [2.75, 3.05) is 14.2 Å². The second-order valence-electron chi connectivity index (χ2n) is 6.54. The number of nitrogens with two attached hydrogens (primary N) is 1. The summed E-state index contributed by atoms with van der Waals surface area (Å²) < 4.78 is 17.6. The molecule has 0 spiro atoms. The van der Waals surface area contributed by atoms with E-state index in [9.17, 15) is 0 Å². The molecule has 2 unspecified atom stereocenters. The molecule has 0 radical (unpaired) electrons. The van der Waals surface area contributed by atoms with E-state index in [1.54, 1.807) is 14.2 Å². The van der Waals surface area contributed by atoms with Gasteiger partial charge in [-0.2, -0.15) is 0 Å². The van der Waals surface area contributed by atoms with Crippen LogP contribution in [0.25, 0.3) is 0 Å². The predicted octanol–water partition coefficient (Wildman–Crippen LogP) is 2.54. The molecule has 0 bridgehead atoms. The molecular weight excluding hydrogens is 278 g/mol. The first-order chi connectivity index (χ1) is 10.7. The van der Waals surface area contributed by atoms with Crippen LogP contribution in [0.5, 0.6) is 11.5 Å². The van der Waals surface area contributed by atoms with Crippen LogP contribution in [0.3, 0.4) is 0 Å². The van der Waals surface area contributed by atoms with Gasteiger partial charge in [0.2, 0.25) is 0 Å². The first-order valence-electron chi connectivity index (χ1n) is 8.04. The maximum atomic E-state index is 6.55. The second-order valence-corrected chi connectivity index (χ2v) is 6.54. The van der Waals surface area contributed by atoms with Crippen molar-refractivity contribution in [3.63, 3.8) is 0 Å². The summed E-state index contributed by atoms with van der Waals surface area (Å²) in [5, 5.41) is 0. The normalized spacial score (nSPS) is 34.5. The van der Waals surface area contributed by atoms with Crippen LogP contribution < -0.4 is 15.2 Å². The highest BCUT2D eigenvalue weighted by Gasteiger charge is 2.61. The van der Waals surface area contributed by atoms with Crippen molar-refractivity contribution in [2.24, 2.45) is 11.7 Å². The molecule has 0 aromatic heterocycles. The van der Waals surface area contributed by atoms with Crippen molar-refractivity contribution in [2.45, 2.75) is 43.7 Å². The lowest BCUT2D eigenvalue weighted by atomic mass is 9.55. The third-order valence-electron chi connectivity index (χ3n) is 5.88. The van der Waals surface area contributed by atoms with E-state index < -0.39 is 0 Å². The Balaban J connectivity index is 2.01. The van der Waals surface area contributed by atoms with Gasteiger partial charge in [0, 0.05) is 17.0 Å². The second kappa shape index (κ2) is 4.66. The van der Waals surface area contributed by atoms with E-state index in [2.05, 4.69) is 19.1 Å². The summed E-state index contributed by atoms with van der Waals surface area (Å²) in [5.41, 5.74) is 9.08. The Morgan fingerprint density at radius 1 is 1.32 bits per heavy atom. The number of hydrogen-bond acceptors (Lipinski definition) is 4. The molecule has 2 aliphatic carbocycles. The lowest BCUT2D eigenvalue weighted by Gasteiger charge is -2.49. The van der Waals surface area contributed by atoms with Gasteiger partial charge in [0.05, 0.1) is 14.2 Å². The highest BCUT2D eigenvalue weighted by Crippen LogP contribution is 2.61. The summed E-state index contributed by atoms with van der Waals surface area (Å²) in [7, 11) is 3.42. The molecule has 3 aliphatic rings. The summed E-state index contributed by atoms with van der Waals surface area (Å²) in [6, 6.07) is 4.31. The summed E-state index contributed by atoms with van der Waals surface area (Å²) in [6.07, 6.45) is 4.92. The van der Waals surface area contributed by atoms with Crippen molar-refractivity contribution < 1.29 is 14.2 Å². The minimum Gasteiger partial charge on any atom is -0.497 e. The average molecular weight is 301 g/mol. The molecule has 1 aliphatic heterocycles. The SMILES string of the molecule is CC[C@@]12c3c4ccc(OC)c3O[C@@H]1C(OC)=CCC2C(N)C4. The van der Waals surface area contributed by atoms with E-state index in [-0.39, 0.29) is 17.6 Å². The van der Waals surface area contributed by atoms with Crippen molar-refractivity contribution >= 4 is 0 Å². The number of rotatable bonds is 3. The minimum absolute atomic E-state index is 0.0855. The smallest absolute Gasteiger partial charge is 0.166 e. The monoisotopic (exact) mass is 301 g/mol. The zero-order valence-electron chi connectivity index (χ0n) is 13.4. The molecule has 1 aromatic rings. The number of hydrogen-bond donors (Lipinski definition) is 1. The van der Waals surface area contributed by atoms with Gasteiger partial charge in [-0.1, -0.05) is 13.0 Å². The predicted molar refractivity (Wildman–Crippen MR) is 84.3 cm³/mol. The molecule has 1 heterocycles. The molecule has 4 atom stereocenters. The van der Waals surface area contributed by atoms with Crippen LogP contribution in [0, 0.1) is 5.92 Å². The molecule has 1 aromatic carbocycles. The van der Waals surface area contributed by atoms with Gasteiger partial charge in [-0.25, -0.2) is 0 Å². The lowest BCUT2D eigenvalue weighted by Crippen LogP contribution is -2.57. The summed E-state index contributed by atoms with van der Waals surface area (Å²) in [6.45, 7) is 2.23. The van der Waals surface area contributed by atoms with E-state index in [4.69, 9.17) is 19.9 Å². The summed E-state index contributed by atoms with van der Waals surface area (Å²) >= 11 is 0. The lowest BCUT2D eigenvalue weighted by molar-refractivity contribution is 0.0439. The number of methoxy groups -OCH3 is 2. The largest absolute Gasteiger partial charge is 0.497 e. The van der Waals surface area contributed by atoms with Crippen LogP contribution in [-0.4, -0.2) is 26.4 Å². The topological polar surface area (TPSA) is 53.7 Å². The van der Waals surface area contributed by atoms with Gasteiger partial charge in [0.1, 0.15) is 5.76 Å². The van der Waals surface area contributed by atoms with Gasteiger partial charge in [-0.3, -0.25) is 0 Å². The number of ether oxygens (including phenoxy) is 3. The molecule has 0 amide bonds. The van der Waals surface area contributed by atoms with E-state index in [0.717, 1.165) is 36.5 Å². The molecule has 0 fully saturated rings. The van der Waals surface area contributed by atoms with Crippen molar-refractivity contribution in [1.82, 2.24) is 0 Å². The van der Waals surface area contributed by atoms with Gasteiger partial charge >= 0.3 is 0 Å². The fourth-order valence-corrected chi connectivity index (χ4v) is 4.94. The Hall–Kier alpha value is -1.68. The van der Waals surface area contributed by atoms with Gasteiger partial charge in [0.15, 0.2) is 17.6 Å². The van der Waals surface area contributed by atoms with E-state index >= 15 is 0 Å². The molecule has 4 rings (SSSR count). The van der Waals surface area contributed by atoms with E-state index in [0.29, 0.717) is 5.92 Å².